The molecule has 4 atom stereocenters. The number of ether oxygens (including phenoxy) is 3. The van der Waals surface area contributed by atoms with Gasteiger partial charge in [0.25, 0.3) is 0 Å². The van der Waals surface area contributed by atoms with E-state index in [1.165, 1.54) is 50.5 Å². The van der Waals surface area contributed by atoms with Crippen LogP contribution in [0.3, 0.4) is 0 Å². The van der Waals surface area contributed by atoms with Crippen LogP contribution in [-0.2, 0) is 20.7 Å². The first kappa shape index (κ1) is 19.0. The van der Waals surface area contributed by atoms with E-state index >= 15 is 0 Å². The summed E-state index contributed by atoms with van der Waals surface area (Å²) in [6, 6.07) is 4.50. The van der Waals surface area contributed by atoms with Gasteiger partial charge in [0.1, 0.15) is 5.75 Å². The van der Waals surface area contributed by atoms with Gasteiger partial charge in [-0.3, -0.25) is 0 Å². The summed E-state index contributed by atoms with van der Waals surface area (Å²) in [5, 5.41) is 0. The van der Waals surface area contributed by atoms with Gasteiger partial charge in [-0.1, -0.05) is 12.8 Å². The highest BCUT2D eigenvalue weighted by Crippen LogP contribution is 2.62. The highest BCUT2D eigenvalue weighted by atomic mass is 127. The highest BCUT2D eigenvalue weighted by Gasteiger charge is 2.54. The van der Waals surface area contributed by atoms with Gasteiger partial charge in [-0.15, -0.1) is 0 Å². The van der Waals surface area contributed by atoms with Crippen molar-refractivity contribution in [3.8, 4) is 5.75 Å². The smallest absolute Gasteiger partial charge is 0.191 e. The third-order valence-corrected chi connectivity index (χ3v) is 8.46. The lowest BCUT2D eigenvalue weighted by Crippen LogP contribution is -2.32. The Kier molecular flexibility index (Phi) is 5.06. The van der Waals surface area contributed by atoms with E-state index < -0.39 is 5.79 Å². The Hall–Kier alpha value is -0.330. The fourth-order valence-electron chi connectivity index (χ4n) is 6.33. The van der Waals surface area contributed by atoms with Gasteiger partial charge in [0, 0.05) is 30.8 Å². The molecule has 0 radical (unpaired) electrons. The largest absolute Gasteiger partial charge is 0.495 e. The number of fused-ring (bicyclic) bond motifs is 2. The molecule has 144 valence electrons. The molecule has 0 spiro atoms. The van der Waals surface area contributed by atoms with E-state index in [-0.39, 0.29) is 5.41 Å². The van der Waals surface area contributed by atoms with E-state index in [0.717, 1.165) is 32.6 Å². The van der Waals surface area contributed by atoms with Gasteiger partial charge in [-0.25, -0.2) is 0 Å². The monoisotopic (exact) mass is 470 g/mol. The molecule has 0 aromatic heterocycles. The number of hydrogen-bond donors (Lipinski definition) is 0. The average molecular weight is 470 g/mol. The summed E-state index contributed by atoms with van der Waals surface area (Å²) in [5.74, 6) is 3.03. The molecule has 0 amide bonds. The minimum atomic E-state index is -0.724. The Balaban J connectivity index is 1.88. The molecule has 26 heavy (non-hydrogen) atoms. The number of hydrogen-bond acceptors (Lipinski definition) is 3. The standard InChI is InChI=1S/C22H31IO3/c1-21(25-3,26-4)16-11-18(20(24-2)19(23)12-16)22-7-5-6-14-8-15(13-22)10-17(22)9-14/h11-12,14-15,17H,5-10,13H2,1-4H3. The number of halogens is 1. The van der Waals surface area contributed by atoms with E-state index in [4.69, 9.17) is 14.2 Å². The van der Waals surface area contributed by atoms with Gasteiger partial charge >= 0.3 is 0 Å². The first-order valence-corrected chi connectivity index (χ1v) is 11.0. The minimum absolute atomic E-state index is 0.277. The topological polar surface area (TPSA) is 27.7 Å². The Labute approximate surface area is 171 Å². The van der Waals surface area contributed by atoms with Crippen LogP contribution in [0.1, 0.15) is 63.0 Å². The molecule has 4 heteroatoms. The quantitative estimate of drug-likeness (QED) is 0.413. The lowest BCUT2D eigenvalue weighted by atomic mass is 9.68. The van der Waals surface area contributed by atoms with Crippen LogP contribution < -0.4 is 4.74 Å². The first-order valence-electron chi connectivity index (χ1n) is 9.94. The summed E-state index contributed by atoms with van der Waals surface area (Å²) >= 11 is 2.42. The Morgan fingerprint density at radius 2 is 1.81 bits per heavy atom. The van der Waals surface area contributed by atoms with Crippen molar-refractivity contribution in [3.63, 3.8) is 0 Å². The predicted molar refractivity (Wildman–Crippen MR) is 112 cm³/mol. The van der Waals surface area contributed by atoms with Crippen LogP contribution in [0, 0.1) is 21.3 Å². The maximum absolute atomic E-state index is 5.97. The summed E-state index contributed by atoms with van der Waals surface area (Å²) < 4.78 is 18.6. The molecule has 0 saturated heterocycles. The zero-order chi connectivity index (χ0) is 18.5. The lowest BCUT2D eigenvalue weighted by Gasteiger charge is -2.38. The van der Waals surface area contributed by atoms with Crippen LogP contribution in [0.5, 0.6) is 5.75 Å². The maximum atomic E-state index is 5.97. The number of methoxy groups -OCH3 is 3. The van der Waals surface area contributed by atoms with Crippen molar-refractivity contribution in [2.75, 3.05) is 21.3 Å². The molecule has 3 aliphatic carbocycles. The Bertz CT molecular complexity index is 684. The minimum Gasteiger partial charge on any atom is -0.495 e. The van der Waals surface area contributed by atoms with Crippen molar-refractivity contribution in [1.82, 2.24) is 0 Å². The fourth-order valence-corrected chi connectivity index (χ4v) is 7.18. The zero-order valence-electron chi connectivity index (χ0n) is 16.4. The number of benzene rings is 1. The van der Waals surface area contributed by atoms with Gasteiger partial charge in [0.2, 0.25) is 0 Å². The normalized spacial score (nSPS) is 33.3. The summed E-state index contributed by atoms with van der Waals surface area (Å²) in [6.07, 6.45) is 9.67. The predicted octanol–water partition coefficient (Wildman–Crippen LogP) is 5.62. The van der Waals surface area contributed by atoms with Gasteiger partial charge in [-0.2, -0.15) is 0 Å². The van der Waals surface area contributed by atoms with E-state index in [1.807, 2.05) is 14.0 Å². The summed E-state index contributed by atoms with van der Waals surface area (Å²) in [4.78, 5) is 0. The second-order valence-corrected chi connectivity index (χ2v) is 9.94. The van der Waals surface area contributed by atoms with Gasteiger partial charge in [0.15, 0.2) is 5.79 Å². The molecular formula is C22H31IO3. The molecule has 4 rings (SSSR count). The van der Waals surface area contributed by atoms with Gasteiger partial charge < -0.3 is 14.2 Å². The third-order valence-electron chi connectivity index (χ3n) is 7.66. The fraction of sp³-hybridized carbons (Fsp3) is 0.727. The highest BCUT2D eigenvalue weighted by molar-refractivity contribution is 14.1. The first-order chi connectivity index (χ1) is 12.5. The Morgan fingerprint density at radius 3 is 2.50 bits per heavy atom. The van der Waals surface area contributed by atoms with E-state index in [0.29, 0.717) is 0 Å². The summed E-state index contributed by atoms with van der Waals surface area (Å²) in [7, 11) is 5.26. The zero-order valence-corrected chi connectivity index (χ0v) is 18.6. The maximum Gasteiger partial charge on any atom is 0.191 e. The summed E-state index contributed by atoms with van der Waals surface area (Å²) in [6.45, 7) is 2.00. The van der Waals surface area contributed by atoms with Crippen LogP contribution >= 0.6 is 22.6 Å². The van der Waals surface area contributed by atoms with Crippen LogP contribution in [0.25, 0.3) is 0 Å². The SMILES string of the molecule is COc1c(I)cc(C(C)(OC)OC)cc1C12CCCC3CC(CC1C3)C2. The molecule has 3 fully saturated rings. The van der Waals surface area contributed by atoms with E-state index in [1.54, 1.807) is 14.2 Å². The van der Waals surface area contributed by atoms with Crippen molar-refractivity contribution in [1.29, 1.82) is 0 Å². The molecule has 3 saturated carbocycles. The summed E-state index contributed by atoms with van der Waals surface area (Å²) in [5.41, 5.74) is 2.79. The molecule has 4 unspecified atom stereocenters. The van der Waals surface area contributed by atoms with Crippen molar-refractivity contribution in [2.24, 2.45) is 17.8 Å². The molecule has 0 heterocycles. The van der Waals surface area contributed by atoms with Crippen molar-refractivity contribution in [3.05, 3.63) is 26.8 Å². The second kappa shape index (κ2) is 6.93. The van der Waals surface area contributed by atoms with Crippen molar-refractivity contribution in [2.45, 2.75) is 63.1 Å². The van der Waals surface area contributed by atoms with E-state index in [9.17, 15) is 0 Å². The van der Waals surface area contributed by atoms with Crippen LogP contribution in [0.15, 0.2) is 12.1 Å². The Morgan fingerprint density at radius 1 is 1.08 bits per heavy atom. The van der Waals surface area contributed by atoms with Crippen molar-refractivity contribution >= 4 is 22.6 Å². The van der Waals surface area contributed by atoms with Crippen molar-refractivity contribution < 1.29 is 14.2 Å². The van der Waals surface area contributed by atoms with Crippen LogP contribution in [0.2, 0.25) is 0 Å². The molecular weight excluding hydrogens is 439 g/mol. The number of rotatable bonds is 5. The molecule has 0 aliphatic heterocycles. The lowest BCUT2D eigenvalue weighted by molar-refractivity contribution is -0.201. The van der Waals surface area contributed by atoms with Gasteiger partial charge in [0.05, 0.1) is 10.7 Å². The molecule has 3 nitrogen and oxygen atoms in total. The second-order valence-electron chi connectivity index (χ2n) is 8.78. The molecule has 1 aromatic carbocycles. The molecule has 3 bridgehead atoms. The van der Waals surface area contributed by atoms with Crippen LogP contribution in [-0.4, -0.2) is 21.3 Å². The van der Waals surface area contributed by atoms with Crippen LogP contribution in [0.4, 0.5) is 0 Å². The third kappa shape index (κ3) is 2.82. The molecule has 0 N–H and O–H groups in total. The van der Waals surface area contributed by atoms with Gasteiger partial charge in [-0.05, 0) is 91.5 Å². The average Bonchev–Trinajstić information content (AvgIpc) is 2.82. The molecule has 3 aliphatic rings. The molecule has 1 aromatic rings. The van der Waals surface area contributed by atoms with E-state index in [2.05, 4.69) is 34.7 Å².